The van der Waals surface area contributed by atoms with E-state index in [1.165, 1.54) is 7.11 Å². The largest absolute Gasteiger partial charge is 0.375 e. The number of benzene rings is 1. The normalized spacial score (nSPS) is 14.8. The molecular formula is C15H20ClN3O3. The smallest absolute Gasteiger partial charge is 0.246 e. The van der Waals surface area contributed by atoms with Crippen LogP contribution in [0.2, 0.25) is 5.02 Å². The number of methoxy groups -OCH3 is 1. The summed E-state index contributed by atoms with van der Waals surface area (Å²) in [6, 6.07) is 7.68. The highest BCUT2D eigenvalue weighted by Gasteiger charge is 2.21. The highest BCUT2D eigenvalue weighted by molar-refractivity contribution is 6.30. The van der Waals surface area contributed by atoms with Crippen molar-refractivity contribution >= 4 is 29.1 Å². The number of amides is 2. The van der Waals surface area contributed by atoms with Gasteiger partial charge in [0.1, 0.15) is 6.61 Å². The molecule has 0 saturated carbocycles. The molecule has 1 aromatic carbocycles. The Morgan fingerprint density at radius 1 is 1.18 bits per heavy atom. The number of ether oxygens (including phenoxy) is 1. The third-order valence-corrected chi connectivity index (χ3v) is 3.79. The van der Waals surface area contributed by atoms with E-state index in [-0.39, 0.29) is 25.0 Å². The first-order valence-electron chi connectivity index (χ1n) is 7.14. The second kappa shape index (κ2) is 8.00. The summed E-state index contributed by atoms with van der Waals surface area (Å²) in [6.07, 6.45) is 0. The number of rotatable bonds is 5. The molecule has 1 aliphatic rings. The topological polar surface area (TPSA) is 61.9 Å². The van der Waals surface area contributed by atoms with E-state index in [1.54, 1.807) is 4.90 Å². The predicted octanol–water partition coefficient (Wildman–Crippen LogP) is 0.751. The van der Waals surface area contributed by atoms with Crippen molar-refractivity contribution < 1.29 is 14.3 Å². The molecule has 1 fully saturated rings. The number of anilines is 1. The Morgan fingerprint density at radius 3 is 2.41 bits per heavy atom. The van der Waals surface area contributed by atoms with Crippen molar-refractivity contribution in [1.29, 1.82) is 0 Å². The fourth-order valence-electron chi connectivity index (χ4n) is 2.33. The van der Waals surface area contributed by atoms with E-state index in [9.17, 15) is 9.59 Å². The van der Waals surface area contributed by atoms with Crippen LogP contribution in [0.15, 0.2) is 24.3 Å². The lowest BCUT2D eigenvalue weighted by molar-refractivity contribution is -0.134. The van der Waals surface area contributed by atoms with Gasteiger partial charge in [0, 0.05) is 44.0 Å². The molecule has 0 atom stereocenters. The predicted molar refractivity (Wildman–Crippen MR) is 85.1 cm³/mol. The van der Waals surface area contributed by atoms with Gasteiger partial charge in [0.15, 0.2) is 0 Å². The Morgan fingerprint density at radius 2 is 1.82 bits per heavy atom. The Bertz CT molecular complexity index is 513. The van der Waals surface area contributed by atoms with E-state index in [4.69, 9.17) is 16.3 Å². The van der Waals surface area contributed by atoms with Crippen LogP contribution in [0.5, 0.6) is 0 Å². The van der Waals surface area contributed by atoms with Gasteiger partial charge in [-0.05, 0) is 24.3 Å². The van der Waals surface area contributed by atoms with Crippen LogP contribution in [0.25, 0.3) is 0 Å². The first-order chi connectivity index (χ1) is 10.6. The highest BCUT2D eigenvalue weighted by atomic mass is 35.5. The number of nitrogens with zero attached hydrogens (tertiary/aromatic N) is 2. The SMILES string of the molecule is COCC(=O)NCC(=O)N1CCN(c2ccc(Cl)cc2)CC1. The van der Waals surface area contributed by atoms with Crippen molar-refractivity contribution in [2.45, 2.75) is 0 Å². The zero-order valence-corrected chi connectivity index (χ0v) is 13.3. The molecule has 1 N–H and O–H groups in total. The maximum atomic E-state index is 12.0. The van der Waals surface area contributed by atoms with Crippen LogP contribution in [0.3, 0.4) is 0 Å². The molecule has 1 heterocycles. The van der Waals surface area contributed by atoms with Crippen molar-refractivity contribution in [1.82, 2.24) is 10.2 Å². The summed E-state index contributed by atoms with van der Waals surface area (Å²) in [5.74, 6) is -0.351. The molecule has 7 heteroatoms. The molecule has 1 aromatic rings. The third kappa shape index (κ3) is 4.61. The quantitative estimate of drug-likeness (QED) is 0.868. The van der Waals surface area contributed by atoms with Crippen molar-refractivity contribution in [3.05, 3.63) is 29.3 Å². The standard InChI is InChI=1S/C15H20ClN3O3/c1-22-11-14(20)17-10-15(21)19-8-6-18(7-9-19)13-4-2-12(16)3-5-13/h2-5H,6-11H2,1H3,(H,17,20). The Balaban J connectivity index is 1.78. The minimum absolute atomic E-state index is 0.0170. The van der Waals surface area contributed by atoms with Crippen LogP contribution >= 0.6 is 11.6 Å². The van der Waals surface area contributed by atoms with Gasteiger partial charge in [-0.1, -0.05) is 11.6 Å². The number of piperazine rings is 1. The van der Waals surface area contributed by atoms with Gasteiger partial charge in [-0.3, -0.25) is 9.59 Å². The van der Waals surface area contributed by atoms with E-state index in [2.05, 4.69) is 10.2 Å². The first-order valence-corrected chi connectivity index (χ1v) is 7.52. The van der Waals surface area contributed by atoms with Gasteiger partial charge in [0.25, 0.3) is 0 Å². The van der Waals surface area contributed by atoms with Gasteiger partial charge in [-0.25, -0.2) is 0 Å². The zero-order valence-electron chi connectivity index (χ0n) is 12.5. The molecule has 0 unspecified atom stereocenters. The Hall–Kier alpha value is -1.79. The fourth-order valence-corrected chi connectivity index (χ4v) is 2.46. The molecule has 1 saturated heterocycles. The van der Waals surface area contributed by atoms with E-state index in [0.29, 0.717) is 18.1 Å². The monoisotopic (exact) mass is 325 g/mol. The number of hydrogen-bond acceptors (Lipinski definition) is 4. The lowest BCUT2D eigenvalue weighted by Crippen LogP contribution is -2.51. The minimum atomic E-state index is -0.282. The number of halogens is 1. The van der Waals surface area contributed by atoms with Crippen molar-refractivity contribution in [2.75, 3.05) is 51.3 Å². The van der Waals surface area contributed by atoms with Gasteiger partial charge in [-0.2, -0.15) is 0 Å². The minimum Gasteiger partial charge on any atom is -0.375 e. The van der Waals surface area contributed by atoms with E-state index >= 15 is 0 Å². The van der Waals surface area contributed by atoms with Gasteiger partial charge in [0.05, 0.1) is 6.54 Å². The summed E-state index contributed by atoms with van der Waals surface area (Å²) >= 11 is 5.88. The van der Waals surface area contributed by atoms with Crippen molar-refractivity contribution in [3.63, 3.8) is 0 Å². The van der Waals surface area contributed by atoms with Crippen LogP contribution < -0.4 is 10.2 Å². The molecule has 0 bridgehead atoms. The first kappa shape index (κ1) is 16.6. The lowest BCUT2D eigenvalue weighted by atomic mass is 10.2. The molecular weight excluding hydrogens is 306 g/mol. The van der Waals surface area contributed by atoms with E-state index in [0.717, 1.165) is 18.8 Å². The molecule has 6 nitrogen and oxygen atoms in total. The van der Waals surface area contributed by atoms with Crippen LogP contribution in [0.1, 0.15) is 0 Å². The molecule has 2 rings (SSSR count). The van der Waals surface area contributed by atoms with E-state index in [1.807, 2.05) is 24.3 Å². The maximum Gasteiger partial charge on any atom is 0.246 e. The average molecular weight is 326 g/mol. The van der Waals surface area contributed by atoms with Gasteiger partial charge >= 0.3 is 0 Å². The summed E-state index contributed by atoms with van der Waals surface area (Å²) < 4.78 is 4.70. The maximum absolute atomic E-state index is 12.0. The second-order valence-electron chi connectivity index (χ2n) is 5.05. The number of nitrogens with one attached hydrogen (secondary N) is 1. The molecule has 0 aliphatic carbocycles. The van der Waals surface area contributed by atoms with Crippen LogP contribution in [-0.2, 0) is 14.3 Å². The summed E-state index contributed by atoms with van der Waals surface area (Å²) in [7, 11) is 1.44. The molecule has 0 radical (unpaired) electrons. The van der Waals surface area contributed by atoms with Gasteiger partial charge < -0.3 is 19.9 Å². The number of hydrogen-bond donors (Lipinski definition) is 1. The summed E-state index contributed by atoms with van der Waals surface area (Å²) in [5, 5.41) is 3.26. The Labute approximate surface area is 135 Å². The summed E-state index contributed by atoms with van der Waals surface area (Å²) in [5.41, 5.74) is 1.10. The molecule has 22 heavy (non-hydrogen) atoms. The second-order valence-corrected chi connectivity index (χ2v) is 5.49. The van der Waals surface area contributed by atoms with Gasteiger partial charge in [-0.15, -0.1) is 0 Å². The molecule has 2 amide bonds. The van der Waals surface area contributed by atoms with Crippen LogP contribution in [0, 0.1) is 0 Å². The molecule has 1 aliphatic heterocycles. The van der Waals surface area contributed by atoms with Crippen molar-refractivity contribution in [3.8, 4) is 0 Å². The molecule has 0 aromatic heterocycles. The summed E-state index contributed by atoms with van der Waals surface area (Å²) in [6.45, 7) is 2.79. The highest BCUT2D eigenvalue weighted by Crippen LogP contribution is 2.19. The summed E-state index contributed by atoms with van der Waals surface area (Å²) in [4.78, 5) is 27.3. The zero-order chi connectivity index (χ0) is 15.9. The van der Waals surface area contributed by atoms with Crippen LogP contribution in [0.4, 0.5) is 5.69 Å². The molecule has 120 valence electrons. The average Bonchev–Trinajstić information content (AvgIpc) is 2.54. The van der Waals surface area contributed by atoms with Gasteiger partial charge in [0.2, 0.25) is 11.8 Å². The Kier molecular flexibility index (Phi) is 6.03. The van der Waals surface area contributed by atoms with E-state index < -0.39 is 0 Å². The lowest BCUT2D eigenvalue weighted by Gasteiger charge is -2.36. The molecule has 0 spiro atoms. The number of carbonyl (C=O) groups excluding carboxylic acids is 2. The van der Waals surface area contributed by atoms with Crippen molar-refractivity contribution in [2.24, 2.45) is 0 Å². The fraction of sp³-hybridized carbons (Fsp3) is 0.467. The number of carbonyl (C=O) groups is 2. The third-order valence-electron chi connectivity index (χ3n) is 3.54. The van der Waals surface area contributed by atoms with Crippen LogP contribution in [-0.4, -0.2) is 63.2 Å².